The molecule has 13 nitrogen and oxygen atoms in total. The molecule has 0 atom stereocenters. The highest BCUT2D eigenvalue weighted by atomic mass is 16.6. The maximum Gasteiger partial charge on any atom is 0.407 e. The number of carbonyl (C=O) groups excluding carboxylic acids is 4. The Morgan fingerprint density at radius 3 is 1.07 bits per heavy atom. The summed E-state index contributed by atoms with van der Waals surface area (Å²) in [5.74, 6) is 0.392. The van der Waals surface area contributed by atoms with Crippen LogP contribution in [0.4, 0.5) is 27.5 Å². The zero-order valence-corrected chi connectivity index (χ0v) is 44.0. The highest BCUT2D eigenvalue weighted by molar-refractivity contribution is 5.97. The molecule has 374 valence electrons. The van der Waals surface area contributed by atoms with Crippen molar-refractivity contribution in [3.05, 3.63) is 119 Å². The fourth-order valence-corrected chi connectivity index (χ4v) is 9.30. The summed E-state index contributed by atoms with van der Waals surface area (Å²) in [4.78, 5) is 48.5. The van der Waals surface area contributed by atoms with Gasteiger partial charge in [0.1, 0.15) is 5.60 Å². The molecule has 0 bridgehead atoms. The van der Waals surface area contributed by atoms with Gasteiger partial charge in [-0.3, -0.25) is 14.4 Å². The third kappa shape index (κ3) is 13.1. The molecule has 8 N–H and O–H groups in total. The van der Waals surface area contributed by atoms with E-state index < -0.39 is 11.7 Å². The second kappa shape index (κ2) is 21.1. The van der Waals surface area contributed by atoms with Crippen molar-refractivity contribution in [3.8, 4) is 12.1 Å². The summed E-state index contributed by atoms with van der Waals surface area (Å²) >= 11 is 0. The van der Waals surface area contributed by atoms with E-state index in [0.29, 0.717) is 29.9 Å². The SMILES string of the molecule is CC(C)(C)OC(=O)NCc1ccc(NC(=O)C2C(C)(C)C2(C)C)cc1.CC1(C)C(C(=O)Nc2ccc(C#N)cc2)C1(C)C.CC1(C)C(C(=O)Nc2ccc(CN)cc2)C1(C)C.N#Cc1ccc(N)cc1. The number of carbonyl (C=O) groups is 4. The van der Waals surface area contributed by atoms with Gasteiger partial charge >= 0.3 is 6.09 Å². The molecule has 13 heteroatoms. The van der Waals surface area contributed by atoms with E-state index in [0.717, 1.165) is 28.2 Å². The number of anilines is 4. The molecule has 4 aromatic rings. The van der Waals surface area contributed by atoms with Gasteiger partial charge in [-0.25, -0.2) is 4.79 Å². The Balaban J connectivity index is 0.000000213. The Morgan fingerprint density at radius 2 is 0.800 bits per heavy atom. The van der Waals surface area contributed by atoms with E-state index in [1.807, 2.05) is 75.4 Å². The Morgan fingerprint density at radius 1 is 0.514 bits per heavy atom. The van der Waals surface area contributed by atoms with Gasteiger partial charge in [-0.2, -0.15) is 10.5 Å². The third-order valence-electron chi connectivity index (χ3n) is 15.7. The van der Waals surface area contributed by atoms with Crippen LogP contribution in [0.5, 0.6) is 0 Å². The van der Waals surface area contributed by atoms with Crippen molar-refractivity contribution in [1.82, 2.24) is 5.32 Å². The lowest BCUT2D eigenvalue weighted by Crippen LogP contribution is -2.32. The monoisotopic (exact) mass is 953 g/mol. The summed E-state index contributed by atoms with van der Waals surface area (Å²) in [6.07, 6.45) is -0.442. The number of hydrogen-bond acceptors (Lipinski definition) is 9. The topological polar surface area (TPSA) is 225 Å². The van der Waals surface area contributed by atoms with E-state index in [4.69, 9.17) is 26.7 Å². The Labute approximate surface area is 416 Å². The van der Waals surface area contributed by atoms with Gasteiger partial charge in [-0.1, -0.05) is 107 Å². The van der Waals surface area contributed by atoms with Crippen LogP contribution in [0, 0.1) is 72.9 Å². The lowest BCUT2D eigenvalue weighted by atomic mass is 10.0. The second-order valence-corrected chi connectivity index (χ2v) is 23.0. The van der Waals surface area contributed by atoms with Gasteiger partial charge in [0.2, 0.25) is 17.7 Å². The standard InChI is InChI=1S/C20H30N2O3.C15H22N2O.C15H18N2O.C7H6N2/c1-18(2,3)25-17(24)21-12-13-8-10-14(11-9-13)22-16(23)15-19(4,5)20(15,6)7;2*1-14(2)12(15(14,3)4)13(18)17-11-7-5-10(9-16)6-8-11;8-5-6-1-3-7(9)4-2-6/h8-11,15H,12H2,1-7H3,(H,21,24)(H,22,23);5-8,12H,9,16H2,1-4H3,(H,17,18);5-8,12H,1-4H3,(H,17,18);1-4H,9H2. The Kier molecular flexibility index (Phi) is 16.9. The molecular weight excluding hydrogens is 877 g/mol. The summed E-state index contributed by atoms with van der Waals surface area (Å²) < 4.78 is 5.20. The summed E-state index contributed by atoms with van der Waals surface area (Å²) in [6, 6.07) is 33.0. The van der Waals surface area contributed by atoms with Crippen LogP contribution >= 0.6 is 0 Å². The van der Waals surface area contributed by atoms with Gasteiger partial charge in [0.25, 0.3) is 0 Å². The van der Waals surface area contributed by atoms with E-state index in [1.165, 1.54) is 0 Å². The van der Waals surface area contributed by atoms with E-state index in [1.54, 1.807) is 48.5 Å². The van der Waals surface area contributed by atoms with Crippen molar-refractivity contribution in [2.45, 2.75) is 123 Å². The fraction of sp³-hybridized carbons (Fsp3) is 0.474. The first kappa shape index (κ1) is 55.9. The number of amides is 4. The van der Waals surface area contributed by atoms with Crippen molar-refractivity contribution >= 4 is 46.6 Å². The average Bonchev–Trinajstić information content (AvgIpc) is 4.04. The van der Waals surface area contributed by atoms with Crippen LogP contribution in [0.2, 0.25) is 0 Å². The van der Waals surface area contributed by atoms with Crippen LogP contribution in [-0.2, 0) is 32.2 Å². The van der Waals surface area contributed by atoms with E-state index >= 15 is 0 Å². The van der Waals surface area contributed by atoms with Gasteiger partial charge in [0.05, 0.1) is 23.3 Å². The average molecular weight is 953 g/mol. The first-order valence-corrected chi connectivity index (χ1v) is 23.8. The minimum Gasteiger partial charge on any atom is -0.444 e. The molecule has 0 unspecified atom stereocenters. The van der Waals surface area contributed by atoms with E-state index in [-0.39, 0.29) is 68.0 Å². The van der Waals surface area contributed by atoms with Crippen LogP contribution < -0.4 is 32.7 Å². The maximum atomic E-state index is 12.5. The Hall–Kier alpha value is -6.70. The van der Waals surface area contributed by atoms with E-state index in [9.17, 15) is 19.2 Å². The summed E-state index contributed by atoms with van der Waals surface area (Å²) in [7, 11) is 0. The molecule has 70 heavy (non-hydrogen) atoms. The zero-order chi connectivity index (χ0) is 52.8. The number of nitrogen functional groups attached to an aromatic ring is 1. The number of nitrogens with zero attached hydrogens (tertiary/aromatic N) is 2. The number of benzene rings is 4. The van der Waals surface area contributed by atoms with Crippen molar-refractivity contribution in [1.29, 1.82) is 10.5 Å². The molecule has 0 heterocycles. The lowest BCUT2D eigenvalue weighted by Gasteiger charge is -2.19. The van der Waals surface area contributed by atoms with Gasteiger partial charge in [0.15, 0.2) is 0 Å². The molecular formula is C57H76N8O5. The van der Waals surface area contributed by atoms with Crippen molar-refractivity contribution in [3.63, 3.8) is 0 Å². The molecule has 4 aromatic carbocycles. The third-order valence-corrected chi connectivity index (χ3v) is 15.7. The number of nitrogens with two attached hydrogens (primary N) is 2. The van der Waals surface area contributed by atoms with Gasteiger partial charge in [-0.15, -0.1) is 0 Å². The van der Waals surface area contributed by atoms with Crippen LogP contribution in [0.15, 0.2) is 97.1 Å². The first-order valence-electron chi connectivity index (χ1n) is 23.8. The molecule has 3 saturated carbocycles. The lowest BCUT2D eigenvalue weighted by molar-refractivity contribution is -0.119. The number of nitriles is 2. The molecule has 0 aliphatic heterocycles. The minimum atomic E-state index is -0.511. The Bertz CT molecular complexity index is 2530. The highest BCUT2D eigenvalue weighted by Crippen LogP contribution is 2.70. The van der Waals surface area contributed by atoms with Crippen LogP contribution in [-0.4, -0.2) is 29.4 Å². The molecule has 4 amide bonds. The molecule has 0 aromatic heterocycles. The smallest absolute Gasteiger partial charge is 0.407 e. The molecule has 0 saturated heterocycles. The number of ether oxygens (including phenoxy) is 1. The van der Waals surface area contributed by atoms with Gasteiger partial charge < -0.3 is 37.5 Å². The van der Waals surface area contributed by atoms with E-state index in [2.05, 4.69) is 110 Å². The minimum absolute atomic E-state index is 0.0218. The first-order chi connectivity index (χ1) is 32.3. The van der Waals surface area contributed by atoms with Gasteiger partial charge in [-0.05, 0) is 137 Å². The van der Waals surface area contributed by atoms with Crippen LogP contribution in [0.25, 0.3) is 0 Å². The molecule has 3 aliphatic carbocycles. The number of nitrogens with one attached hydrogen (secondary N) is 4. The predicted octanol–water partition coefficient (Wildman–Crippen LogP) is 11.4. The summed E-state index contributed by atoms with van der Waals surface area (Å²) in [5, 5.41) is 28.7. The fourth-order valence-electron chi connectivity index (χ4n) is 9.30. The summed E-state index contributed by atoms with van der Waals surface area (Å²) in [5.41, 5.74) is 17.0. The molecule has 3 fully saturated rings. The van der Waals surface area contributed by atoms with Crippen molar-refractivity contribution in [2.24, 2.45) is 56.0 Å². The number of alkyl carbamates (subject to hydrolysis) is 1. The predicted molar refractivity (Wildman–Crippen MR) is 280 cm³/mol. The summed E-state index contributed by atoms with van der Waals surface area (Å²) in [6.45, 7) is 32.0. The van der Waals surface area contributed by atoms with Crippen LogP contribution in [0.1, 0.15) is 126 Å². The number of hydrogen-bond donors (Lipinski definition) is 6. The number of rotatable bonds is 9. The highest BCUT2D eigenvalue weighted by Gasteiger charge is 2.69. The molecule has 0 spiro atoms. The van der Waals surface area contributed by atoms with Gasteiger partial charge in [0, 0.05) is 53.6 Å². The van der Waals surface area contributed by atoms with Crippen molar-refractivity contribution < 1.29 is 23.9 Å². The molecule has 3 aliphatic rings. The van der Waals surface area contributed by atoms with Crippen molar-refractivity contribution in [2.75, 3.05) is 21.7 Å². The molecule has 0 radical (unpaired) electrons. The maximum absolute atomic E-state index is 12.5. The second-order valence-electron chi connectivity index (χ2n) is 23.0. The normalized spacial score (nSPS) is 18.0. The largest absolute Gasteiger partial charge is 0.444 e. The zero-order valence-electron chi connectivity index (χ0n) is 44.0. The molecule has 7 rings (SSSR count). The van der Waals surface area contributed by atoms with Crippen LogP contribution in [0.3, 0.4) is 0 Å². The quantitative estimate of drug-likeness (QED) is 0.0876.